The summed E-state index contributed by atoms with van der Waals surface area (Å²) in [5, 5.41) is 8.29. The predicted octanol–water partition coefficient (Wildman–Crippen LogP) is 3.51. The first kappa shape index (κ1) is 44.0. The van der Waals surface area contributed by atoms with Crippen LogP contribution in [-0.4, -0.2) is 92.4 Å². The lowest BCUT2D eigenvalue weighted by Crippen LogP contribution is -2.44. The second kappa shape index (κ2) is 25.8. The number of nitrogens with two attached hydrogens (primary N) is 1. The number of nitrogens with one attached hydrogen (secondary N) is 3. The van der Waals surface area contributed by atoms with Crippen molar-refractivity contribution < 1.29 is 38.2 Å². The van der Waals surface area contributed by atoms with Crippen molar-refractivity contribution in [2.24, 2.45) is 17.1 Å². The van der Waals surface area contributed by atoms with Gasteiger partial charge in [0, 0.05) is 45.3 Å². The van der Waals surface area contributed by atoms with Crippen LogP contribution in [0.2, 0.25) is 0 Å². The number of primary amides is 1. The van der Waals surface area contributed by atoms with Crippen LogP contribution in [0.15, 0.2) is 0 Å². The minimum absolute atomic E-state index is 0.0467. The van der Waals surface area contributed by atoms with Crippen LogP contribution in [0.25, 0.3) is 0 Å². The van der Waals surface area contributed by atoms with E-state index in [0.29, 0.717) is 52.0 Å². The number of unbranched alkanes of at least 4 members (excludes halogenated alkanes) is 9. The van der Waals surface area contributed by atoms with Gasteiger partial charge in [0.2, 0.25) is 35.4 Å². The van der Waals surface area contributed by atoms with Crippen molar-refractivity contribution in [1.82, 2.24) is 20.9 Å². The Kier molecular flexibility index (Phi) is 23.2. The zero-order valence-electron chi connectivity index (χ0n) is 30.7. The zero-order valence-corrected chi connectivity index (χ0v) is 30.7. The average molecular weight is 696 g/mol. The van der Waals surface area contributed by atoms with E-state index < -0.39 is 11.9 Å². The molecule has 1 heterocycles. The van der Waals surface area contributed by atoms with Crippen LogP contribution in [-0.2, 0) is 38.2 Å². The van der Waals surface area contributed by atoms with Crippen molar-refractivity contribution in [1.29, 1.82) is 0 Å². The molecule has 1 fully saturated rings. The van der Waals surface area contributed by atoms with E-state index in [1.807, 2.05) is 20.8 Å². The van der Waals surface area contributed by atoms with Crippen LogP contribution in [0.3, 0.4) is 0 Å². The monoisotopic (exact) mass is 695 g/mol. The molecule has 1 saturated heterocycles. The third-order valence-electron chi connectivity index (χ3n) is 8.69. The lowest BCUT2D eigenvalue weighted by molar-refractivity contribution is -0.140. The molecule has 0 bridgehead atoms. The van der Waals surface area contributed by atoms with Crippen molar-refractivity contribution in [2.75, 3.05) is 46.1 Å². The summed E-state index contributed by atoms with van der Waals surface area (Å²) in [5.74, 6) is -1.89. The molecule has 2 atom stereocenters. The molecular formula is C36H65N5O8. The third-order valence-corrected chi connectivity index (χ3v) is 8.69. The summed E-state index contributed by atoms with van der Waals surface area (Å²) in [6.45, 7) is 9.95. The Morgan fingerprint density at radius 3 is 1.96 bits per heavy atom. The summed E-state index contributed by atoms with van der Waals surface area (Å²) in [5.41, 5.74) is 5.19. The van der Waals surface area contributed by atoms with Crippen molar-refractivity contribution in [3.05, 3.63) is 0 Å². The van der Waals surface area contributed by atoms with Crippen LogP contribution in [0.4, 0.5) is 0 Å². The second-order valence-electron chi connectivity index (χ2n) is 14.0. The van der Waals surface area contributed by atoms with Gasteiger partial charge in [-0.05, 0) is 31.1 Å². The summed E-state index contributed by atoms with van der Waals surface area (Å²) < 4.78 is 10.9. The molecule has 0 saturated carbocycles. The Labute approximate surface area is 293 Å². The first-order valence-corrected chi connectivity index (χ1v) is 18.5. The third kappa shape index (κ3) is 20.9. The second-order valence-corrected chi connectivity index (χ2v) is 14.0. The molecule has 13 nitrogen and oxygen atoms in total. The fourth-order valence-corrected chi connectivity index (χ4v) is 5.58. The molecule has 2 unspecified atom stereocenters. The van der Waals surface area contributed by atoms with Gasteiger partial charge in [-0.2, -0.15) is 0 Å². The van der Waals surface area contributed by atoms with E-state index >= 15 is 0 Å². The minimum atomic E-state index is -0.700. The minimum Gasteiger partial charge on any atom is -0.379 e. The van der Waals surface area contributed by atoms with Gasteiger partial charge < -0.3 is 31.2 Å². The first-order chi connectivity index (χ1) is 23.4. The van der Waals surface area contributed by atoms with Gasteiger partial charge in [0.1, 0.15) is 6.04 Å². The Morgan fingerprint density at radius 1 is 0.755 bits per heavy atom. The SMILES string of the molecule is CCCCCCCCCCCC(=O)NC(CCCCNC(=O)CCOCCOCCNC(=O)CCN1C(=O)CC(C(C)(C)C)C1=O)C(N)=O. The highest BCUT2D eigenvalue weighted by Crippen LogP contribution is 2.35. The zero-order chi connectivity index (χ0) is 36.5. The molecule has 0 aromatic carbocycles. The number of likely N-dealkylation sites (tertiary alicyclic amines) is 1. The van der Waals surface area contributed by atoms with Gasteiger partial charge in [-0.3, -0.25) is 33.7 Å². The Hall–Kier alpha value is -3.06. The maximum atomic E-state index is 12.5. The molecule has 49 heavy (non-hydrogen) atoms. The number of hydrogen-bond acceptors (Lipinski definition) is 8. The summed E-state index contributed by atoms with van der Waals surface area (Å²) in [7, 11) is 0. The maximum absolute atomic E-state index is 12.5. The number of carbonyl (C=O) groups excluding carboxylic acids is 6. The van der Waals surface area contributed by atoms with Crippen LogP contribution >= 0.6 is 0 Å². The van der Waals surface area contributed by atoms with E-state index in [1.165, 1.54) is 43.4 Å². The van der Waals surface area contributed by atoms with E-state index in [9.17, 15) is 28.8 Å². The van der Waals surface area contributed by atoms with Gasteiger partial charge in [-0.25, -0.2) is 0 Å². The Bertz CT molecular complexity index is 1020. The molecule has 5 N–H and O–H groups in total. The van der Waals surface area contributed by atoms with Gasteiger partial charge in [-0.1, -0.05) is 79.1 Å². The molecule has 282 valence electrons. The summed E-state index contributed by atoms with van der Waals surface area (Å²) in [6.07, 6.45) is 13.1. The van der Waals surface area contributed by atoms with Crippen LogP contribution < -0.4 is 21.7 Å². The number of hydrogen-bond donors (Lipinski definition) is 4. The highest BCUT2D eigenvalue weighted by atomic mass is 16.5. The summed E-state index contributed by atoms with van der Waals surface area (Å²) in [6, 6.07) is -0.700. The first-order valence-electron chi connectivity index (χ1n) is 18.5. The molecular weight excluding hydrogens is 630 g/mol. The topological polar surface area (TPSA) is 186 Å². The summed E-state index contributed by atoms with van der Waals surface area (Å²) >= 11 is 0. The lowest BCUT2D eigenvalue weighted by Gasteiger charge is -2.24. The van der Waals surface area contributed by atoms with Gasteiger partial charge >= 0.3 is 0 Å². The lowest BCUT2D eigenvalue weighted by atomic mass is 9.80. The maximum Gasteiger partial charge on any atom is 0.239 e. The molecule has 1 aliphatic rings. The molecule has 1 aliphatic heterocycles. The summed E-state index contributed by atoms with van der Waals surface area (Å²) in [4.78, 5) is 74.1. The highest BCUT2D eigenvalue weighted by molar-refractivity contribution is 6.04. The number of imide groups is 1. The van der Waals surface area contributed by atoms with Crippen molar-refractivity contribution in [2.45, 2.75) is 136 Å². The van der Waals surface area contributed by atoms with E-state index in [4.69, 9.17) is 15.2 Å². The van der Waals surface area contributed by atoms with Crippen molar-refractivity contribution in [3.8, 4) is 0 Å². The number of carbonyl (C=O) groups is 6. The van der Waals surface area contributed by atoms with Gasteiger partial charge in [0.05, 0.1) is 32.3 Å². The predicted molar refractivity (Wildman–Crippen MR) is 188 cm³/mol. The van der Waals surface area contributed by atoms with Crippen LogP contribution in [0, 0.1) is 11.3 Å². The average Bonchev–Trinajstić information content (AvgIpc) is 3.34. The molecule has 1 rings (SSSR count). The van der Waals surface area contributed by atoms with Crippen molar-refractivity contribution in [3.63, 3.8) is 0 Å². The molecule has 0 radical (unpaired) electrons. The van der Waals surface area contributed by atoms with E-state index in [1.54, 1.807) is 0 Å². The Morgan fingerprint density at radius 2 is 1.35 bits per heavy atom. The number of nitrogens with zero attached hydrogens (tertiary/aromatic N) is 1. The van der Waals surface area contributed by atoms with Crippen molar-refractivity contribution >= 4 is 35.4 Å². The van der Waals surface area contributed by atoms with E-state index in [2.05, 4.69) is 22.9 Å². The molecule has 0 aromatic rings. The fourth-order valence-electron chi connectivity index (χ4n) is 5.58. The van der Waals surface area contributed by atoms with E-state index in [0.717, 1.165) is 19.3 Å². The quantitative estimate of drug-likeness (QED) is 0.0676. The Balaban J connectivity index is 1.99. The van der Waals surface area contributed by atoms with Crippen LogP contribution in [0.5, 0.6) is 0 Å². The van der Waals surface area contributed by atoms with Gasteiger partial charge in [0.25, 0.3) is 0 Å². The number of ether oxygens (including phenoxy) is 2. The fraction of sp³-hybridized carbons (Fsp3) is 0.833. The molecule has 13 heteroatoms. The molecule has 0 spiro atoms. The van der Waals surface area contributed by atoms with Gasteiger partial charge in [-0.15, -0.1) is 0 Å². The normalized spacial score (nSPS) is 15.3. The van der Waals surface area contributed by atoms with Gasteiger partial charge in [0.15, 0.2) is 0 Å². The number of rotatable bonds is 29. The van der Waals surface area contributed by atoms with Crippen LogP contribution in [0.1, 0.15) is 130 Å². The largest absolute Gasteiger partial charge is 0.379 e. The highest BCUT2D eigenvalue weighted by Gasteiger charge is 2.44. The number of amides is 6. The molecule has 0 aliphatic carbocycles. The molecule has 0 aromatic heterocycles. The standard InChI is InChI=1S/C36H65N5O8/c1-5-6-7-8-9-10-11-12-13-17-32(44)40-29(34(37)46)16-14-15-20-38-31(43)19-23-48-25-26-49-24-21-39-30(42)18-22-41-33(45)27-28(35(41)47)36(2,3)4/h28-29H,5-27H2,1-4H3,(H2,37,46)(H,38,43)(H,39,42)(H,40,44). The van der Waals surface area contributed by atoms with E-state index in [-0.39, 0.29) is 79.9 Å². The molecule has 6 amide bonds. The smallest absolute Gasteiger partial charge is 0.239 e.